The zero-order chi connectivity index (χ0) is 15.1. The molecule has 4 heteroatoms. The molecule has 1 aliphatic rings. The summed E-state index contributed by atoms with van der Waals surface area (Å²) in [6, 6.07) is 9.70. The molecule has 0 bridgehead atoms. The minimum atomic E-state index is -0.294. The standard InChI is InChI=1S/C17H17ClN2O/c1-9-3-10(2)5-12(4-9)17(19)13-6-11-7-16(21)20-15(11)8-14(13)18/h3-6,8,17H,7,19H2,1-2H3,(H,20,21). The van der Waals surface area contributed by atoms with Gasteiger partial charge in [-0.25, -0.2) is 0 Å². The lowest BCUT2D eigenvalue weighted by Gasteiger charge is -2.17. The molecule has 1 amide bonds. The second-order valence-electron chi connectivity index (χ2n) is 5.65. The fourth-order valence-corrected chi connectivity index (χ4v) is 3.16. The van der Waals surface area contributed by atoms with Crippen molar-refractivity contribution in [3.8, 4) is 0 Å². The first kappa shape index (κ1) is 14.1. The van der Waals surface area contributed by atoms with Crippen molar-refractivity contribution in [2.75, 3.05) is 5.32 Å². The minimum Gasteiger partial charge on any atom is -0.325 e. The number of aryl methyl sites for hydroxylation is 2. The largest absolute Gasteiger partial charge is 0.325 e. The van der Waals surface area contributed by atoms with Crippen LogP contribution in [0.5, 0.6) is 0 Å². The fraction of sp³-hybridized carbons (Fsp3) is 0.235. The molecule has 2 aromatic rings. The van der Waals surface area contributed by atoms with E-state index in [1.807, 2.05) is 6.07 Å². The van der Waals surface area contributed by atoms with Gasteiger partial charge in [0, 0.05) is 10.7 Å². The molecule has 0 spiro atoms. The summed E-state index contributed by atoms with van der Waals surface area (Å²) < 4.78 is 0. The molecule has 108 valence electrons. The Morgan fingerprint density at radius 1 is 1.14 bits per heavy atom. The topological polar surface area (TPSA) is 55.1 Å². The molecule has 0 radical (unpaired) electrons. The molecule has 1 atom stereocenters. The molecule has 0 saturated heterocycles. The van der Waals surface area contributed by atoms with E-state index in [-0.39, 0.29) is 11.9 Å². The third-order valence-electron chi connectivity index (χ3n) is 3.79. The first-order valence-electron chi connectivity index (χ1n) is 6.90. The van der Waals surface area contributed by atoms with E-state index >= 15 is 0 Å². The second-order valence-corrected chi connectivity index (χ2v) is 6.06. The minimum absolute atomic E-state index is 0.00168. The average Bonchev–Trinajstić information content (AvgIpc) is 2.75. The molecule has 3 rings (SSSR count). The maximum Gasteiger partial charge on any atom is 0.228 e. The van der Waals surface area contributed by atoms with Crippen molar-refractivity contribution in [1.29, 1.82) is 0 Å². The first-order chi connectivity index (χ1) is 9.94. The van der Waals surface area contributed by atoms with E-state index in [0.717, 1.165) is 22.4 Å². The molecule has 3 nitrogen and oxygen atoms in total. The van der Waals surface area contributed by atoms with Crippen LogP contribution in [0.1, 0.15) is 33.9 Å². The Morgan fingerprint density at radius 2 is 1.81 bits per heavy atom. The highest BCUT2D eigenvalue weighted by atomic mass is 35.5. The van der Waals surface area contributed by atoms with Crippen LogP contribution in [0.3, 0.4) is 0 Å². The molecule has 1 unspecified atom stereocenters. The molecule has 1 heterocycles. The Balaban J connectivity index is 2.04. The highest BCUT2D eigenvalue weighted by Gasteiger charge is 2.22. The highest BCUT2D eigenvalue weighted by Crippen LogP contribution is 2.34. The zero-order valence-corrected chi connectivity index (χ0v) is 12.8. The van der Waals surface area contributed by atoms with Crippen LogP contribution in [0.2, 0.25) is 5.02 Å². The monoisotopic (exact) mass is 300 g/mol. The van der Waals surface area contributed by atoms with Crippen LogP contribution < -0.4 is 11.1 Å². The van der Waals surface area contributed by atoms with Crippen molar-refractivity contribution in [3.63, 3.8) is 0 Å². The van der Waals surface area contributed by atoms with E-state index in [4.69, 9.17) is 17.3 Å². The van der Waals surface area contributed by atoms with E-state index in [2.05, 4.69) is 37.4 Å². The predicted molar refractivity (Wildman–Crippen MR) is 85.7 cm³/mol. The van der Waals surface area contributed by atoms with Crippen LogP contribution in [-0.2, 0) is 11.2 Å². The summed E-state index contributed by atoms with van der Waals surface area (Å²) in [6.45, 7) is 4.10. The van der Waals surface area contributed by atoms with Gasteiger partial charge >= 0.3 is 0 Å². The number of benzene rings is 2. The maximum absolute atomic E-state index is 11.5. The number of amides is 1. The van der Waals surface area contributed by atoms with Gasteiger partial charge in [-0.15, -0.1) is 0 Å². The lowest BCUT2D eigenvalue weighted by Crippen LogP contribution is -2.13. The third kappa shape index (κ3) is 2.67. The molecule has 2 aromatic carbocycles. The van der Waals surface area contributed by atoms with Crippen molar-refractivity contribution in [3.05, 3.63) is 63.2 Å². The summed E-state index contributed by atoms with van der Waals surface area (Å²) in [6.07, 6.45) is 0.388. The molecule has 0 aliphatic carbocycles. The quantitative estimate of drug-likeness (QED) is 0.892. The lowest BCUT2D eigenvalue weighted by molar-refractivity contribution is -0.115. The smallest absolute Gasteiger partial charge is 0.228 e. The molecule has 21 heavy (non-hydrogen) atoms. The summed E-state index contributed by atoms with van der Waals surface area (Å²) in [4.78, 5) is 11.5. The number of halogens is 1. The number of hydrogen-bond acceptors (Lipinski definition) is 2. The Bertz CT molecular complexity index is 720. The van der Waals surface area contributed by atoms with Crippen LogP contribution in [0, 0.1) is 13.8 Å². The summed E-state index contributed by atoms with van der Waals surface area (Å²) in [7, 11) is 0. The van der Waals surface area contributed by atoms with E-state index in [0.29, 0.717) is 11.4 Å². The van der Waals surface area contributed by atoms with Crippen molar-refractivity contribution in [2.45, 2.75) is 26.3 Å². The van der Waals surface area contributed by atoms with Crippen LogP contribution in [0.25, 0.3) is 0 Å². The summed E-state index contributed by atoms with van der Waals surface area (Å²) in [5.74, 6) is -0.00168. The second kappa shape index (κ2) is 5.17. The van der Waals surface area contributed by atoms with Gasteiger partial charge in [0.25, 0.3) is 0 Å². The Morgan fingerprint density at radius 3 is 2.48 bits per heavy atom. The van der Waals surface area contributed by atoms with Crippen molar-refractivity contribution in [2.24, 2.45) is 5.73 Å². The molecule has 3 N–H and O–H groups in total. The van der Waals surface area contributed by atoms with Crippen LogP contribution >= 0.6 is 11.6 Å². The molecular formula is C17H17ClN2O. The normalized spacial score (nSPS) is 14.8. The molecule has 0 aromatic heterocycles. The van der Waals surface area contributed by atoms with Gasteiger partial charge in [-0.1, -0.05) is 40.9 Å². The number of anilines is 1. The average molecular weight is 301 g/mol. The van der Waals surface area contributed by atoms with Crippen molar-refractivity contribution >= 4 is 23.2 Å². The summed E-state index contributed by atoms with van der Waals surface area (Å²) in [5.41, 5.74) is 12.4. The van der Waals surface area contributed by atoms with E-state index in [1.54, 1.807) is 6.07 Å². The predicted octanol–water partition coefficient (Wildman–Crippen LogP) is 3.50. The van der Waals surface area contributed by atoms with Crippen molar-refractivity contribution < 1.29 is 4.79 Å². The summed E-state index contributed by atoms with van der Waals surface area (Å²) in [5, 5.41) is 3.38. The van der Waals surface area contributed by atoms with Gasteiger partial charge < -0.3 is 11.1 Å². The van der Waals surface area contributed by atoms with Gasteiger partial charge in [0.2, 0.25) is 5.91 Å². The van der Waals surface area contributed by atoms with Gasteiger partial charge in [0.15, 0.2) is 0 Å². The first-order valence-corrected chi connectivity index (χ1v) is 7.28. The number of rotatable bonds is 2. The van der Waals surface area contributed by atoms with Gasteiger partial charge in [0.1, 0.15) is 0 Å². The SMILES string of the molecule is Cc1cc(C)cc(C(N)c2cc3c(cc2Cl)NC(=O)C3)c1. The third-order valence-corrected chi connectivity index (χ3v) is 4.11. The number of nitrogens with one attached hydrogen (secondary N) is 1. The summed E-state index contributed by atoms with van der Waals surface area (Å²) >= 11 is 6.35. The van der Waals surface area contributed by atoms with Crippen LogP contribution in [-0.4, -0.2) is 5.91 Å². The number of hydrogen-bond donors (Lipinski definition) is 2. The van der Waals surface area contributed by atoms with Crippen molar-refractivity contribution in [1.82, 2.24) is 0 Å². The number of nitrogens with two attached hydrogens (primary N) is 1. The van der Waals surface area contributed by atoms with Gasteiger partial charge in [-0.2, -0.15) is 0 Å². The number of carbonyl (C=O) groups is 1. The Kier molecular flexibility index (Phi) is 3.47. The molecule has 0 fully saturated rings. The number of fused-ring (bicyclic) bond motifs is 1. The molecule has 0 saturated carbocycles. The maximum atomic E-state index is 11.5. The van der Waals surface area contributed by atoms with E-state index in [9.17, 15) is 4.79 Å². The van der Waals surface area contributed by atoms with Crippen LogP contribution in [0.4, 0.5) is 5.69 Å². The fourth-order valence-electron chi connectivity index (χ4n) is 2.87. The van der Waals surface area contributed by atoms with Crippen LogP contribution in [0.15, 0.2) is 30.3 Å². The Labute approximate surface area is 129 Å². The number of carbonyl (C=O) groups excluding carboxylic acids is 1. The van der Waals surface area contributed by atoms with Gasteiger partial charge in [-0.05, 0) is 42.7 Å². The van der Waals surface area contributed by atoms with Gasteiger partial charge in [-0.3, -0.25) is 4.79 Å². The zero-order valence-electron chi connectivity index (χ0n) is 12.0. The lowest BCUT2D eigenvalue weighted by atomic mass is 9.94. The molecular weight excluding hydrogens is 284 g/mol. The molecule has 1 aliphatic heterocycles. The Hall–Kier alpha value is -1.84. The highest BCUT2D eigenvalue weighted by molar-refractivity contribution is 6.32. The van der Waals surface area contributed by atoms with Gasteiger partial charge in [0.05, 0.1) is 12.5 Å². The van der Waals surface area contributed by atoms with E-state index in [1.165, 1.54) is 11.1 Å². The van der Waals surface area contributed by atoms with E-state index < -0.39 is 0 Å².